The molecule has 2 aromatic rings. The third kappa shape index (κ3) is 4.50. The largest absolute Gasteiger partial charge is 0.481 e. The monoisotopic (exact) mass is 303 g/mol. The number of hydrogen-bond acceptors (Lipinski definition) is 2. The highest BCUT2D eigenvalue weighted by Crippen LogP contribution is 2.19. The second kappa shape index (κ2) is 7.14. The molecular formula is C17H18ClNO2. The first-order chi connectivity index (χ1) is 10.1. The highest BCUT2D eigenvalue weighted by atomic mass is 35.5. The average Bonchev–Trinajstić information content (AvgIpc) is 2.48. The van der Waals surface area contributed by atoms with E-state index in [1.54, 1.807) is 31.2 Å². The minimum atomic E-state index is -0.588. The molecule has 2 rings (SSSR count). The van der Waals surface area contributed by atoms with Crippen LogP contribution in [-0.2, 0) is 4.79 Å². The Morgan fingerprint density at radius 3 is 2.48 bits per heavy atom. The van der Waals surface area contributed by atoms with Gasteiger partial charge in [0.2, 0.25) is 0 Å². The zero-order chi connectivity index (χ0) is 15.2. The van der Waals surface area contributed by atoms with Crippen LogP contribution in [-0.4, -0.2) is 12.0 Å². The Kier molecular flexibility index (Phi) is 5.23. The van der Waals surface area contributed by atoms with Gasteiger partial charge >= 0.3 is 0 Å². The molecule has 0 fully saturated rings. The number of carbonyl (C=O) groups is 1. The summed E-state index contributed by atoms with van der Waals surface area (Å²) in [5.74, 6) is 0.420. The number of nitrogens with one attached hydrogen (secondary N) is 1. The minimum absolute atomic E-state index is 0.0656. The average molecular weight is 304 g/mol. The van der Waals surface area contributed by atoms with Crippen molar-refractivity contribution in [2.24, 2.45) is 0 Å². The van der Waals surface area contributed by atoms with E-state index in [2.05, 4.69) is 5.32 Å². The molecule has 0 radical (unpaired) electrons. The second-order valence-electron chi connectivity index (χ2n) is 4.86. The van der Waals surface area contributed by atoms with E-state index in [1.807, 2.05) is 37.3 Å². The topological polar surface area (TPSA) is 38.3 Å². The van der Waals surface area contributed by atoms with Crippen LogP contribution in [0.25, 0.3) is 0 Å². The molecule has 0 spiro atoms. The van der Waals surface area contributed by atoms with Gasteiger partial charge in [0.25, 0.3) is 5.91 Å². The minimum Gasteiger partial charge on any atom is -0.481 e. The molecule has 0 saturated heterocycles. The summed E-state index contributed by atoms with van der Waals surface area (Å²) < 4.78 is 5.60. The molecule has 110 valence electrons. The number of ether oxygens (including phenoxy) is 1. The number of hydrogen-bond donors (Lipinski definition) is 1. The van der Waals surface area contributed by atoms with Crippen LogP contribution in [0, 0.1) is 0 Å². The molecule has 0 aliphatic carbocycles. The van der Waals surface area contributed by atoms with Gasteiger partial charge in [-0.3, -0.25) is 4.79 Å². The van der Waals surface area contributed by atoms with Crippen LogP contribution in [0.15, 0.2) is 54.6 Å². The van der Waals surface area contributed by atoms with Crippen molar-refractivity contribution < 1.29 is 9.53 Å². The maximum atomic E-state index is 12.1. The van der Waals surface area contributed by atoms with Crippen LogP contribution < -0.4 is 10.1 Å². The van der Waals surface area contributed by atoms with E-state index < -0.39 is 6.10 Å². The van der Waals surface area contributed by atoms with E-state index in [0.29, 0.717) is 10.8 Å². The van der Waals surface area contributed by atoms with Crippen molar-refractivity contribution >= 4 is 17.5 Å². The molecule has 0 bridgehead atoms. The van der Waals surface area contributed by atoms with E-state index >= 15 is 0 Å². The fraction of sp³-hybridized carbons (Fsp3) is 0.235. The molecular weight excluding hydrogens is 286 g/mol. The van der Waals surface area contributed by atoms with Gasteiger partial charge in [-0.15, -0.1) is 0 Å². The maximum absolute atomic E-state index is 12.1. The van der Waals surface area contributed by atoms with E-state index in [1.165, 1.54) is 0 Å². The molecule has 0 aliphatic rings. The van der Waals surface area contributed by atoms with Crippen LogP contribution >= 0.6 is 11.6 Å². The molecule has 4 heteroatoms. The number of benzene rings is 2. The number of rotatable bonds is 5. The zero-order valence-electron chi connectivity index (χ0n) is 12.0. The second-order valence-corrected chi connectivity index (χ2v) is 5.29. The van der Waals surface area contributed by atoms with E-state index in [-0.39, 0.29) is 11.9 Å². The molecule has 0 aromatic heterocycles. The smallest absolute Gasteiger partial charge is 0.261 e. The normalized spacial score (nSPS) is 13.3. The van der Waals surface area contributed by atoms with Crippen LogP contribution in [0.4, 0.5) is 0 Å². The van der Waals surface area contributed by atoms with Gasteiger partial charge in [-0.1, -0.05) is 48.0 Å². The lowest BCUT2D eigenvalue weighted by Gasteiger charge is -2.19. The summed E-state index contributed by atoms with van der Waals surface area (Å²) in [5.41, 5.74) is 1.06. The van der Waals surface area contributed by atoms with Crippen molar-refractivity contribution in [1.82, 2.24) is 5.32 Å². The fourth-order valence-corrected chi connectivity index (χ4v) is 2.13. The van der Waals surface area contributed by atoms with Gasteiger partial charge in [-0.05, 0) is 37.6 Å². The summed E-state index contributed by atoms with van der Waals surface area (Å²) in [6.45, 7) is 3.66. The van der Waals surface area contributed by atoms with Gasteiger partial charge < -0.3 is 10.1 Å². The molecule has 1 N–H and O–H groups in total. The summed E-state index contributed by atoms with van der Waals surface area (Å²) >= 11 is 5.89. The summed E-state index contributed by atoms with van der Waals surface area (Å²) in [4.78, 5) is 12.1. The number of carbonyl (C=O) groups excluding carboxylic acids is 1. The Morgan fingerprint density at radius 2 is 1.81 bits per heavy atom. The predicted molar refractivity (Wildman–Crippen MR) is 84.5 cm³/mol. The van der Waals surface area contributed by atoms with Crippen molar-refractivity contribution in [3.8, 4) is 5.75 Å². The van der Waals surface area contributed by atoms with Gasteiger partial charge in [0, 0.05) is 5.02 Å². The van der Waals surface area contributed by atoms with Gasteiger partial charge in [0.05, 0.1) is 6.04 Å². The third-order valence-corrected chi connectivity index (χ3v) is 3.37. The zero-order valence-corrected chi connectivity index (χ0v) is 12.8. The molecule has 0 heterocycles. The van der Waals surface area contributed by atoms with Crippen molar-refractivity contribution in [2.75, 3.05) is 0 Å². The fourth-order valence-electron chi connectivity index (χ4n) is 1.95. The summed E-state index contributed by atoms with van der Waals surface area (Å²) in [5, 5.41) is 3.52. The van der Waals surface area contributed by atoms with Gasteiger partial charge in [-0.25, -0.2) is 0 Å². The Bertz CT molecular complexity index is 601. The lowest BCUT2D eigenvalue weighted by molar-refractivity contribution is -0.127. The molecule has 2 aromatic carbocycles. The van der Waals surface area contributed by atoms with Crippen LogP contribution in [0.5, 0.6) is 5.75 Å². The number of amides is 1. The highest BCUT2D eigenvalue weighted by molar-refractivity contribution is 6.30. The Morgan fingerprint density at radius 1 is 1.10 bits per heavy atom. The Labute approximate surface area is 129 Å². The molecule has 0 saturated carbocycles. The number of halogens is 1. The quantitative estimate of drug-likeness (QED) is 0.907. The van der Waals surface area contributed by atoms with Crippen molar-refractivity contribution in [1.29, 1.82) is 0 Å². The summed E-state index contributed by atoms with van der Waals surface area (Å²) in [6, 6.07) is 16.7. The van der Waals surface area contributed by atoms with E-state index in [9.17, 15) is 4.79 Å². The van der Waals surface area contributed by atoms with Crippen molar-refractivity contribution in [3.63, 3.8) is 0 Å². The highest BCUT2D eigenvalue weighted by Gasteiger charge is 2.17. The van der Waals surface area contributed by atoms with Crippen LogP contribution in [0.1, 0.15) is 25.5 Å². The van der Waals surface area contributed by atoms with Gasteiger partial charge in [0.1, 0.15) is 5.75 Å². The maximum Gasteiger partial charge on any atom is 0.261 e. The first-order valence-corrected chi connectivity index (χ1v) is 7.21. The van der Waals surface area contributed by atoms with Crippen molar-refractivity contribution in [3.05, 3.63) is 65.2 Å². The summed E-state index contributed by atoms with van der Waals surface area (Å²) in [7, 11) is 0. The third-order valence-electron chi connectivity index (χ3n) is 3.14. The SMILES string of the molecule is CC(Oc1cccc(Cl)c1)C(=O)N[C@@H](C)c1ccccc1. The first-order valence-electron chi connectivity index (χ1n) is 6.84. The molecule has 21 heavy (non-hydrogen) atoms. The lowest BCUT2D eigenvalue weighted by atomic mass is 10.1. The first kappa shape index (κ1) is 15.4. The van der Waals surface area contributed by atoms with E-state index in [0.717, 1.165) is 5.56 Å². The Hall–Kier alpha value is -2.00. The molecule has 1 unspecified atom stereocenters. The van der Waals surface area contributed by atoms with Crippen LogP contribution in [0.2, 0.25) is 5.02 Å². The van der Waals surface area contributed by atoms with E-state index in [4.69, 9.17) is 16.3 Å². The molecule has 1 amide bonds. The summed E-state index contributed by atoms with van der Waals surface area (Å²) in [6.07, 6.45) is -0.588. The van der Waals surface area contributed by atoms with Crippen LogP contribution in [0.3, 0.4) is 0 Å². The van der Waals surface area contributed by atoms with Gasteiger partial charge in [0.15, 0.2) is 6.10 Å². The standard InChI is InChI=1S/C17H18ClNO2/c1-12(14-7-4-3-5-8-14)19-17(20)13(2)21-16-10-6-9-15(18)11-16/h3-13H,1-2H3,(H,19,20)/t12-,13?/m0/s1. The predicted octanol–water partition coefficient (Wildman–Crippen LogP) is 3.98. The van der Waals surface area contributed by atoms with Gasteiger partial charge in [-0.2, -0.15) is 0 Å². The Balaban J connectivity index is 1.94. The molecule has 0 aliphatic heterocycles. The molecule has 3 nitrogen and oxygen atoms in total. The van der Waals surface area contributed by atoms with Crippen molar-refractivity contribution in [2.45, 2.75) is 26.0 Å². The molecule has 2 atom stereocenters. The lowest BCUT2D eigenvalue weighted by Crippen LogP contribution is -2.37.